The molecule has 0 radical (unpaired) electrons. The third-order valence-corrected chi connectivity index (χ3v) is 4.63. The Kier molecular flexibility index (Phi) is 4.53. The molecule has 7 heteroatoms. The highest BCUT2D eigenvalue weighted by Gasteiger charge is 2.47. The smallest absolute Gasteiger partial charge is 0.392 e. The zero-order valence-electron chi connectivity index (χ0n) is 10.6. The minimum absolute atomic E-state index is 0.0957. The Hall–Kier alpha value is -0.590. The Labute approximate surface area is 118 Å². The third kappa shape index (κ3) is 3.30. The quantitative estimate of drug-likeness (QED) is 0.745. The van der Waals surface area contributed by atoms with Gasteiger partial charge in [-0.25, -0.2) is 0 Å². The van der Waals surface area contributed by atoms with Gasteiger partial charge in [-0.05, 0) is 19.3 Å². The zero-order chi connectivity index (χ0) is 14.0. The number of hydrogen-bond donors (Lipinski definition) is 0. The number of nitrogens with zero attached hydrogens (tertiary/aromatic N) is 2. The molecule has 0 amide bonds. The minimum atomic E-state index is -4.20. The van der Waals surface area contributed by atoms with Crippen molar-refractivity contribution in [2.45, 2.75) is 55.9 Å². The highest BCUT2D eigenvalue weighted by atomic mass is 79.9. The molecule has 2 rings (SSSR count). The van der Waals surface area contributed by atoms with Gasteiger partial charge in [0.1, 0.15) is 0 Å². The molecule has 3 nitrogen and oxygen atoms in total. The van der Waals surface area contributed by atoms with Crippen LogP contribution in [0.15, 0.2) is 4.42 Å². The number of hydrogen-bond acceptors (Lipinski definition) is 3. The topological polar surface area (TPSA) is 38.9 Å². The zero-order valence-corrected chi connectivity index (χ0v) is 12.2. The molecule has 19 heavy (non-hydrogen) atoms. The van der Waals surface area contributed by atoms with Crippen molar-refractivity contribution in [2.75, 3.05) is 0 Å². The van der Waals surface area contributed by atoms with Gasteiger partial charge in [0, 0.05) is 5.92 Å². The van der Waals surface area contributed by atoms with E-state index < -0.39 is 18.0 Å². The second-order valence-electron chi connectivity index (χ2n) is 4.89. The van der Waals surface area contributed by atoms with Crippen LogP contribution in [-0.2, 0) is 0 Å². The van der Waals surface area contributed by atoms with E-state index in [2.05, 4.69) is 26.1 Å². The van der Waals surface area contributed by atoms with Gasteiger partial charge in [0.25, 0.3) is 0 Å². The maximum Gasteiger partial charge on any atom is 0.392 e. The number of rotatable bonds is 3. The molecule has 0 bridgehead atoms. The van der Waals surface area contributed by atoms with E-state index in [1.54, 1.807) is 0 Å². The summed E-state index contributed by atoms with van der Waals surface area (Å²) >= 11 is 3.36. The van der Waals surface area contributed by atoms with E-state index in [-0.39, 0.29) is 17.1 Å². The van der Waals surface area contributed by atoms with Crippen molar-refractivity contribution in [1.29, 1.82) is 0 Å². The van der Waals surface area contributed by atoms with Crippen LogP contribution in [0.4, 0.5) is 13.2 Å². The van der Waals surface area contributed by atoms with Crippen LogP contribution in [0.2, 0.25) is 0 Å². The van der Waals surface area contributed by atoms with E-state index in [0.717, 1.165) is 12.8 Å². The summed E-state index contributed by atoms with van der Waals surface area (Å²) in [4.78, 5) is -0.0957. The van der Waals surface area contributed by atoms with Crippen LogP contribution in [0.25, 0.3) is 0 Å². The summed E-state index contributed by atoms with van der Waals surface area (Å²) < 4.78 is 44.5. The lowest BCUT2D eigenvalue weighted by Gasteiger charge is -2.30. The van der Waals surface area contributed by atoms with E-state index in [1.807, 2.05) is 6.92 Å². The highest BCUT2D eigenvalue weighted by molar-refractivity contribution is 9.09. The summed E-state index contributed by atoms with van der Waals surface area (Å²) in [6.07, 6.45) is -1.45. The molecular formula is C12H16BrF3N2O. The molecule has 1 saturated carbocycles. The number of halogens is 4. The third-order valence-electron chi connectivity index (χ3n) is 3.59. The van der Waals surface area contributed by atoms with Crippen LogP contribution >= 0.6 is 15.9 Å². The van der Waals surface area contributed by atoms with Crippen molar-refractivity contribution in [3.8, 4) is 0 Å². The van der Waals surface area contributed by atoms with Gasteiger partial charge < -0.3 is 4.42 Å². The van der Waals surface area contributed by atoms with Crippen molar-refractivity contribution >= 4 is 15.9 Å². The van der Waals surface area contributed by atoms with Crippen LogP contribution in [0.5, 0.6) is 0 Å². The van der Waals surface area contributed by atoms with Crippen molar-refractivity contribution in [3.63, 3.8) is 0 Å². The average molecular weight is 341 g/mol. The Morgan fingerprint density at radius 2 is 2.00 bits per heavy atom. The summed E-state index contributed by atoms with van der Waals surface area (Å²) in [6, 6.07) is 0. The summed E-state index contributed by atoms with van der Waals surface area (Å²) in [5, 5.41) is 7.67. The Morgan fingerprint density at radius 3 is 2.63 bits per heavy atom. The average Bonchev–Trinajstić information content (AvgIpc) is 2.86. The van der Waals surface area contributed by atoms with Gasteiger partial charge in [0.2, 0.25) is 11.8 Å². The van der Waals surface area contributed by atoms with Crippen LogP contribution in [-0.4, -0.2) is 16.4 Å². The lowest BCUT2D eigenvalue weighted by Crippen LogP contribution is -2.31. The van der Waals surface area contributed by atoms with Crippen molar-refractivity contribution in [2.24, 2.45) is 5.92 Å². The Bertz CT molecular complexity index is 421. The van der Waals surface area contributed by atoms with E-state index >= 15 is 0 Å². The molecule has 0 spiro atoms. The molecule has 1 aromatic heterocycles. The molecule has 0 aromatic carbocycles. The van der Waals surface area contributed by atoms with Crippen molar-refractivity contribution in [1.82, 2.24) is 10.2 Å². The monoisotopic (exact) mass is 340 g/mol. The second kappa shape index (κ2) is 5.81. The molecule has 108 valence electrons. The predicted octanol–water partition coefficient (Wildman–Crippen LogP) is 4.75. The van der Waals surface area contributed by atoms with Gasteiger partial charge in [-0.15, -0.1) is 10.2 Å². The Balaban J connectivity index is 2.20. The summed E-state index contributed by atoms with van der Waals surface area (Å²) in [7, 11) is 0. The fourth-order valence-corrected chi connectivity index (χ4v) is 2.70. The maximum absolute atomic E-state index is 13.0. The van der Waals surface area contributed by atoms with Crippen LogP contribution in [0.3, 0.4) is 0 Å². The van der Waals surface area contributed by atoms with Crippen LogP contribution in [0, 0.1) is 5.92 Å². The van der Waals surface area contributed by atoms with E-state index in [4.69, 9.17) is 4.42 Å². The maximum atomic E-state index is 13.0. The van der Waals surface area contributed by atoms with E-state index in [9.17, 15) is 13.2 Å². The van der Waals surface area contributed by atoms with Gasteiger partial charge in [-0.3, -0.25) is 0 Å². The van der Waals surface area contributed by atoms with Gasteiger partial charge >= 0.3 is 6.18 Å². The van der Waals surface area contributed by atoms with Gasteiger partial charge in [-0.2, -0.15) is 13.2 Å². The fourth-order valence-electron chi connectivity index (χ4n) is 2.52. The first kappa shape index (κ1) is 14.8. The molecule has 3 atom stereocenters. The number of aromatic nitrogens is 2. The normalized spacial score (nSPS) is 26.4. The molecule has 1 aliphatic rings. The van der Waals surface area contributed by atoms with Gasteiger partial charge in [-0.1, -0.05) is 35.7 Å². The Morgan fingerprint density at radius 1 is 1.32 bits per heavy atom. The molecule has 0 aliphatic heterocycles. The molecule has 1 aliphatic carbocycles. The molecule has 0 N–H and O–H groups in total. The first-order valence-electron chi connectivity index (χ1n) is 6.47. The molecule has 1 aromatic rings. The molecule has 3 unspecified atom stereocenters. The van der Waals surface area contributed by atoms with Gasteiger partial charge in [0.15, 0.2) is 0 Å². The standard InChI is InChI=1S/C12H16BrF3N2O/c1-2-9(13)11-18-17-10(19-11)7-5-3-4-6-8(7)12(14,15)16/h7-9H,2-6H2,1H3. The molecular weight excluding hydrogens is 325 g/mol. The van der Waals surface area contributed by atoms with Crippen molar-refractivity contribution < 1.29 is 17.6 Å². The molecule has 1 fully saturated rings. The van der Waals surface area contributed by atoms with E-state index in [0.29, 0.717) is 18.7 Å². The summed E-state index contributed by atoms with van der Waals surface area (Å²) in [6.45, 7) is 1.93. The van der Waals surface area contributed by atoms with E-state index in [1.165, 1.54) is 0 Å². The van der Waals surface area contributed by atoms with Crippen LogP contribution < -0.4 is 0 Å². The fraction of sp³-hybridized carbons (Fsp3) is 0.833. The second-order valence-corrected chi connectivity index (χ2v) is 6.00. The summed E-state index contributed by atoms with van der Waals surface area (Å²) in [5.41, 5.74) is 0. The lowest BCUT2D eigenvalue weighted by molar-refractivity contribution is -0.188. The predicted molar refractivity (Wildman–Crippen MR) is 67.0 cm³/mol. The van der Waals surface area contributed by atoms with Crippen LogP contribution in [0.1, 0.15) is 61.6 Å². The molecule has 0 saturated heterocycles. The highest BCUT2D eigenvalue weighted by Crippen LogP contribution is 2.46. The van der Waals surface area contributed by atoms with Crippen molar-refractivity contribution in [3.05, 3.63) is 11.8 Å². The SMILES string of the molecule is CCC(Br)c1nnc(C2CCCCC2C(F)(F)F)o1. The first-order valence-corrected chi connectivity index (χ1v) is 7.39. The largest absolute Gasteiger partial charge is 0.424 e. The number of alkyl halides is 4. The first-order chi connectivity index (χ1) is 8.93. The molecule has 1 heterocycles. The minimum Gasteiger partial charge on any atom is -0.424 e. The lowest BCUT2D eigenvalue weighted by atomic mass is 9.79. The van der Waals surface area contributed by atoms with Gasteiger partial charge in [0.05, 0.1) is 10.7 Å². The summed E-state index contributed by atoms with van der Waals surface area (Å²) in [5.74, 6) is -1.55.